The third-order valence-corrected chi connectivity index (χ3v) is 3.07. The van der Waals surface area contributed by atoms with Gasteiger partial charge in [-0.1, -0.05) is 11.6 Å². The highest BCUT2D eigenvalue weighted by Gasteiger charge is 2.20. The number of aryl methyl sites for hydroxylation is 1. The fourth-order valence-electron chi connectivity index (χ4n) is 1.77. The Morgan fingerprint density at radius 3 is 2.76 bits per heavy atom. The summed E-state index contributed by atoms with van der Waals surface area (Å²) in [5, 5.41) is 15.8. The molecular formula is C13H13ClN4O3. The number of carboxylic acid groups (broad SMARTS) is 1. The van der Waals surface area contributed by atoms with Gasteiger partial charge in [0.2, 0.25) is 5.91 Å². The molecule has 0 bridgehead atoms. The van der Waals surface area contributed by atoms with Gasteiger partial charge in [0.05, 0.1) is 17.4 Å². The van der Waals surface area contributed by atoms with Crippen molar-refractivity contribution < 1.29 is 14.7 Å². The minimum Gasteiger partial charge on any atom is -0.478 e. The first-order valence-electron chi connectivity index (χ1n) is 5.96. The van der Waals surface area contributed by atoms with E-state index < -0.39 is 17.9 Å². The van der Waals surface area contributed by atoms with Crippen LogP contribution in [0.1, 0.15) is 22.0 Å². The zero-order valence-electron chi connectivity index (χ0n) is 11.1. The fourth-order valence-corrected chi connectivity index (χ4v) is 1.94. The van der Waals surface area contributed by atoms with Gasteiger partial charge in [0.25, 0.3) is 0 Å². The Balaban J connectivity index is 2.23. The van der Waals surface area contributed by atoms with Crippen LogP contribution in [0.15, 0.2) is 30.6 Å². The van der Waals surface area contributed by atoms with Gasteiger partial charge in [-0.25, -0.2) is 4.79 Å². The molecule has 0 aliphatic carbocycles. The molecule has 110 valence electrons. The molecule has 0 aliphatic heterocycles. The standard InChI is InChI=1S/C13H13ClN4O3/c1-18-6-7(5-16-18)11(15)12(19)17-10-4-8(14)2-3-9(10)13(20)21/h2-6,11H,15H2,1H3,(H,17,19)(H,20,21). The average molecular weight is 309 g/mol. The topological polar surface area (TPSA) is 110 Å². The number of aromatic carboxylic acids is 1. The van der Waals surface area contributed by atoms with Crippen molar-refractivity contribution in [3.63, 3.8) is 0 Å². The fraction of sp³-hybridized carbons (Fsp3) is 0.154. The number of amides is 1. The average Bonchev–Trinajstić information content (AvgIpc) is 2.84. The second-order valence-corrected chi connectivity index (χ2v) is 4.85. The van der Waals surface area contributed by atoms with E-state index in [1.807, 2.05) is 0 Å². The molecule has 1 atom stereocenters. The third-order valence-electron chi connectivity index (χ3n) is 2.84. The number of nitrogens with two attached hydrogens (primary N) is 1. The number of carbonyl (C=O) groups is 2. The van der Waals surface area contributed by atoms with Crippen molar-refractivity contribution in [3.05, 3.63) is 46.7 Å². The zero-order chi connectivity index (χ0) is 15.6. The Bertz CT molecular complexity index is 698. The number of nitrogens with one attached hydrogen (secondary N) is 1. The normalized spacial score (nSPS) is 12.0. The highest BCUT2D eigenvalue weighted by Crippen LogP contribution is 2.22. The van der Waals surface area contributed by atoms with Crippen LogP contribution in [0.25, 0.3) is 0 Å². The number of aromatic nitrogens is 2. The number of hydrogen-bond acceptors (Lipinski definition) is 4. The smallest absolute Gasteiger partial charge is 0.337 e. The summed E-state index contributed by atoms with van der Waals surface area (Å²) in [5.74, 6) is -1.72. The van der Waals surface area contributed by atoms with Crippen LogP contribution in [0.3, 0.4) is 0 Å². The molecule has 0 aliphatic rings. The van der Waals surface area contributed by atoms with Gasteiger partial charge in [0, 0.05) is 23.8 Å². The Labute approximate surface area is 125 Å². The van der Waals surface area contributed by atoms with Gasteiger partial charge in [-0.2, -0.15) is 5.10 Å². The van der Waals surface area contributed by atoms with Crippen molar-refractivity contribution in [1.29, 1.82) is 0 Å². The Hall–Kier alpha value is -2.38. The van der Waals surface area contributed by atoms with E-state index in [2.05, 4.69) is 10.4 Å². The van der Waals surface area contributed by atoms with Crippen LogP contribution in [0.4, 0.5) is 5.69 Å². The largest absolute Gasteiger partial charge is 0.478 e. The van der Waals surface area contributed by atoms with Crippen molar-refractivity contribution in [1.82, 2.24) is 9.78 Å². The minimum absolute atomic E-state index is 0.0638. The van der Waals surface area contributed by atoms with Crippen LogP contribution in [0, 0.1) is 0 Å². The molecule has 21 heavy (non-hydrogen) atoms. The maximum atomic E-state index is 12.1. The number of carbonyl (C=O) groups excluding carboxylic acids is 1. The van der Waals surface area contributed by atoms with Crippen molar-refractivity contribution >= 4 is 29.2 Å². The molecule has 1 aromatic heterocycles. The van der Waals surface area contributed by atoms with Gasteiger partial charge >= 0.3 is 5.97 Å². The van der Waals surface area contributed by atoms with E-state index in [1.54, 1.807) is 13.2 Å². The van der Waals surface area contributed by atoms with E-state index in [4.69, 9.17) is 22.4 Å². The third kappa shape index (κ3) is 3.39. The second kappa shape index (κ2) is 5.94. The molecule has 2 aromatic rings. The number of benzene rings is 1. The van der Waals surface area contributed by atoms with Gasteiger partial charge in [-0.15, -0.1) is 0 Å². The van der Waals surface area contributed by atoms with Gasteiger partial charge in [-0.3, -0.25) is 9.48 Å². The molecule has 1 unspecified atom stereocenters. The number of carboxylic acids is 1. The lowest BCUT2D eigenvalue weighted by Gasteiger charge is -2.12. The first kappa shape index (κ1) is 15.0. The second-order valence-electron chi connectivity index (χ2n) is 4.41. The summed E-state index contributed by atoms with van der Waals surface area (Å²) >= 11 is 5.82. The lowest BCUT2D eigenvalue weighted by atomic mass is 10.1. The summed E-state index contributed by atoms with van der Waals surface area (Å²) in [6, 6.07) is 3.15. The SMILES string of the molecule is Cn1cc(C(N)C(=O)Nc2cc(Cl)ccc2C(=O)O)cn1. The summed E-state index contributed by atoms with van der Waals surface area (Å²) in [6.45, 7) is 0. The number of rotatable bonds is 4. The van der Waals surface area contributed by atoms with Crippen molar-refractivity contribution in [3.8, 4) is 0 Å². The van der Waals surface area contributed by atoms with Gasteiger partial charge in [0.1, 0.15) is 6.04 Å². The number of anilines is 1. The first-order chi connectivity index (χ1) is 9.88. The molecule has 0 fully saturated rings. The van der Waals surface area contributed by atoms with E-state index in [0.717, 1.165) is 0 Å². The van der Waals surface area contributed by atoms with Crippen molar-refractivity contribution in [2.45, 2.75) is 6.04 Å². The quantitative estimate of drug-likeness (QED) is 0.791. The molecule has 1 aromatic carbocycles. The van der Waals surface area contributed by atoms with E-state index in [9.17, 15) is 9.59 Å². The van der Waals surface area contributed by atoms with Crippen LogP contribution < -0.4 is 11.1 Å². The molecular weight excluding hydrogens is 296 g/mol. The molecule has 1 amide bonds. The number of hydrogen-bond donors (Lipinski definition) is 3. The highest BCUT2D eigenvalue weighted by atomic mass is 35.5. The predicted octanol–water partition coefficient (Wildman–Crippen LogP) is 1.41. The lowest BCUT2D eigenvalue weighted by molar-refractivity contribution is -0.117. The lowest BCUT2D eigenvalue weighted by Crippen LogP contribution is -2.28. The van der Waals surface area contributed by atoms with E-state index >= 15 is 0 Å². The molecule has 1 heterocycles. The Kier molecular flexibility index (Phi) is 4.25. The van der Waals surface area contributed by atoms with E-state index in [0.29, 0.717) is 10.6 Å². The van der Waals surface area contributed by atoms with Crippen LogP contribution in [-0.4, -0.2) is 26.8 Å². The van der Waals surface area contributed by atoms with E-state index in [1.165, 1.54) is 29.1 Å². The Morgan fingerprint density at radius 2 is 2.19 bits per heavy atom. The number of nitrogens with zero attached hydrogens (tertiary/aromatic N) is 2. The van der Waals surface area contributed by atoms with Gasteiger partial charge in [0.15, 0.2) is 0 Å². The molecule has 4 N–H and O–H groups in total. The van der Waals surface area contributed by atoms with Crippen LogP contribution in [-0.2, 0) is 11.8 Å². The number of halogens is 1. The summed E-state index contributed by atoms with van der Waals surface area (Å²) in [7, 11) is 1.70. The Morgan fingerprint density at radius 1 is 1.48 bits per heavy atom. The van der Waals surface area contributed by atoms with Gasteiger partial charge in [-0.05, 0) is 18.2 Å². The monoisotopic (exact) mass is 308 g/mol. The van der Waals surface area contributed by atoms with Crippen molar-refractivity contribution in [2.24, 2.45) is 12.8 Å². The summed E-state index contributed by atoms with van der Waals surface area (Å²) in [6.07, 6.45) is 3.08. The van der Waals surface area contributed by atoms with Crippen LogP contribution >= 0.6 is 11.6 Å². The van der Waals surface area contributed by atoms with Crippen LogP contribution in [0.5, 0.6) is 0 Å². The summed E-state index contributed by atoms with van der Waals surface area (Å²) in [5.41, 5.74) is 6.37. The van der Waals surface area contributed by atoms with E-state index in [-0.39, 0.29) is 11.3 Å². The molecule has 0 radical (unpaired) electrons. The summed E-state index contributed by atoms with van der Waals surface area (Å²) in [4.78, 5) is 23.2. The minimum atomic E-state index is -1.17. The molecule has 2 rings (SSSR count). The molecule has 0 spiro atoms. The van der Waals surface area contributed by atoms with Crippen LogP contribution in [0.2, 0.25) is 5.02 Å². The first-order valence-corrected chi connectivity index (χ1v) is 6.34. The zero-order valence-corrected chi connectivity index (χ0v) is 11.8. The molecule has 7 nitrogen and oxygen atoms in total. The maximum Gasteiger partial charge on any atom is 0.337 e. The van der Waals surface area contributed by atoms with Gasteiger partial charge < -0.3 is 16.2 Å². The molecule has 8 heteroatoms. The highest BCUT2D eigenvalue weighted by molar-refractivity contribution is 6.31. The molecule has 0 saturated carbocycles. The predicted molar refractivity (Wildman–Crippen MR) is 77.2 cm³/mol. The summed E-state index contributed by atoms with van der Waals surface area (Å²) < 4.78 is 1.52. The molecule has 0 saturated heterocycles. The maximum absolute atomic E-state index is 12.1. The van der Waals surface area contributed by atoms with Crippen molar-refractivity contribution in [2.75, 3.05) is 5.32 Å².